The Morgan fingerprint density at radius 2 is 2.21 bits per heavy atom. The Balaban J connectivity index is 3.24. The van der Waals surface area contributed by atoms with E-state index in [2.05, 4.69) is 4.98 Å². The maximum atomic E-state index is 13.2. The van der Waals surface area contributed by atoms with Crippen molar-refractivity contribution in [2.75, 3.05) is 7.11 Å². The summed E-state index contributed by atoms with van der Waals surface area (Å²) < 4.78 is 18.3. The molecule has 1 N–H and O–H groups in total. The minimum Gasteiger partial charge on any atom is -0.481 e. The summed E-state index contributed by atoms with van der Waals surface area (Å²) in [6.45, 7) is 3.44. The molecular formula is C10H14FNO2. The fraction of sp³-hybridized carbons (Fsp3) is 0.500. The second kappa shape index (κ2) is 4.37. The Labute approximate surface area is 82.5 Å². The summed E-state index contributed by atoms with van der Waals surface area (Å²) in [7, 11) is 1.48. The molecule has 0 saturated heterocycles. The Bertz CT molecular complexity index is 326. The number of hydrogen-bond donors (Lipinski definition) is 1. The zero-order valence-corrected chi connectivity index (χ0v) is 8.54. The van der Waals surface area contributed by atoms with E-state index < -0.39 is 12.4 Å². The lowest BCUT2D eigenvalue weighted by Crippen LogP contribution is -2.03. The van der Waals surface area contributed by atoms with E-state index in [9.17, 15) is 4.39 Å². The van der Waals surface area contributed by atoms with Crippen molar-refractivity contribution in [1.29, 1.82) is 0 Å². The molecule has 1 rings (SSSR count). The highest BCUT2D eigenvalue weighted by molar-refractivity contribution is 5.31. The van der Waals surface area contributed by atoms with Gasteiger partial charge in [-0.3, -0.25) is 0 Å². The molecule has 0 aliphatic heterocycles. The van der Waals surface area contributed by atoms with Gasteiger partial charge in [0.25, 0.3) is 0 Å². The Kier molecular flexibility index (Phi) is 3.41. The maximum absolute atomic E-state index is 13.2. The molecule has 3 nitrogen and oxygen atoms in total. The van der Waals surface area contributed by atoms with Crippen molar-refractivity contribution in [2.45, 2.75) is 26.4 Å². The molecule has 0 aliphatic carbocycles. The molecule has 1 heterocycles. The van der Waals surface area contributed by atoms with Crippen molar-refractivity contribution in [1.82, 2.24) is 4.98 Å². The molecule has 0 fully saturated rings. The second-order valence-corrected chi connectivity index (χ2v) is 3.33. The van der Waals surface area contributed by atoms with Crippen LogP contribution in [-0.4, -0.2) is 17.2 Å². The smallest absolute Gasteiger partial charge is 0.217 e. The number of aliphatic hydroxyl groups is 1. The monoisotopic (exact) mass is 199 g/mol. The number of aliphatic hydroxyl groups excluding tert-OH is 1. The highest BCUT2D eigenvalue weighted by atomic mass is 19.1. The molecule has 0 aromatic carbocycles. The van der Waals surface area contributed by atoms with Crippen LogP contribution in [0.1, 0.15) is 31.0 Å². The number of rotatable bonds is 3. The molecular weight excluding hydrogens is 185 g/mol. The Morgan fingerprint density at radius 3 is 2.64 bits per heavy atom. The minimum atomic E-state index is -0.489. The summed E-state index contributed by atoms with van der Waals surface area (Å²) in [5, 5.41) is 8.81. The van der Waals surface area contributed by atoms with Crippen LogP contribution in [0.5, 0.6) is 5.88 Å². The highest BCUT2D eigenvalue weighted by Crippen LogP contribution is 2.26. The summed E-state index contributed by atoms with van der Waals surface area (Å²) in [4.78, 5) is 3.88. The van der Waals surface area contributed by atoms with Gasteiger partial charge in [0.05, 0.1) is 13.7 Å². The van der Waals surface area contributed by atoms with Crippen LogP contribution in [0.15, 0.2) is 6.07 Å². The van der Waals surface area contributed by atoms with Crippen LogP contribution < -0.4 is 4.74 Å². The molecule has 14 heavy (non-hydrogen) atoms. The quantitative estimate of drug-likeness (QED) is 0.807. The maximum Gasteiger partial charge on any atom is 0.217 e. The van der Waals surface area contributed by atoms with Crippen LogP contribution >= 0.6 is 0 Å². The molecule has 0 amide bonds. The number of ether oxygens (including phenoxy) is 1. The van der Waals surface area contributed by atoms with E-state index in [1.165, 1.54) is 13.2 Å². The van der Waals surface area contributed by atoms with Crippen LogP contribution in [0, 0.1) is 5.82 Å². The van der Waals surface area contributed by atoms with Gasteiger partial charge in [-0.15, -0.1) is 0 Å². The molecule has 0 aliphatic rings. The number of hydrogen-bond acceptors (Lipinski definition) is 3. The lowest BCUT2D eigenvalue weighted by molar-refractivity contribution is 0.266. The molecule has 4 heteroatoms. The Morgan fingerprint density at radius 1 is 1.57 bits per heavy atom. The standard InChI is InChI=1S/C10H14FNO2/c1-6(2)7-4-8(11)9(5-13)12-10(7)14-3/h4,6,13H,5H2,1-3H3. The lowest BCUT2D eigenvalue weighted by Gasteiger charge is -2.12. The SMILES string of the molecule is COc1nc(CO)c(F)cc1C(C)C. The number of nitrogens with zero attached hydrogens (tertiary/aromatic N) is 1. The molecule has 0 radical (unpaired) electrons. The predicted molar refractivity (Wildman–Crippen MR) is 50.8 cm³/mol. The van der Waals surface area contributed by atoms with Gasteiger partial charge in [-0.2, -0.15) is 0 Å². The molecule has 0 bridgehead atoms. The van der Waals surface area contributed by atoms with E-state index in [0.29, 0.717) is 11.4 Å². The molecule has 1 aromatic rings. The minimum absolute atomic E-state index is 0.0197. The van der Waals surface area contributed by atoms with E-state index >= 15 is 0 Å². The summed E-state index contributed by atoms with van der Waals surface area (Å²) in [6, 6.07) is 1.36. The van der Waals surface area contributed by atoms with E-state index in [1.807, 2.05) is 13.8 Å². The van der Waals surface area contributed by atoms with Crippen molar-refractivity contribution < 1.29 is 14.2 Å². The molecule has 0 saturated carbocycles. The number of methoxy groups -OCH3 is 1. The first kappa shape index (κ1) is 10.9. The van der Waals surface area contributed by atoms with Crippen LogP contribution in [0.3, 0.4) is 0 Å². The summed E-state index contributed by atoms with van der Waals surface area (Å²) in [6.07, 6.45) is 0. The first-order chi connectivity index (χ1) is 6.60. The van der Waals surface area contributed by atoms with Gasteiger partial charge in [0, 0.05) is 5.56 Å². The van der Waals surface area contributed by atoms with Crippen LogP contribution in [0.2, 0.25) is 0 Å². The summed E-state index contributed by atoms with van der Waals surface area (Å²) in [5.41, 5.74) is 0.730. The van der Waals surface area contributed by atoms with Crippen molar-refractivity contribution in [3.05, 3.63) is 23.1 Å². The van der Waals surface area contributed by atoms with Gasteiger partial charge in [0.15, 0.2) is 0 Å². The second-order valence-electron chi connectivity index (χ2n) is 3.33. The average Bonchev–Trinajstić information content (AvgIpc) is 2.17. The van der Waals surface area contributed by atoms with Crippen molar-refractivity contribution >= 4 is 0 Å². The molecule has 1 aromatic heterocycles. The third-order valence-electron chi connectivity index (χ3n) is 2.01. The average molecular weight is 199 g/mol. The molecule has 0 spiro atoms. The van der Waals surface area contributed by atoms with Gasteiger partial charge in [-0.25, -0.2) is 9.37 Å². The van der Waals surface area contributed by atoms with Crippen molar-refractivity contribution in [3.63, 3.8) is 0 Å². The fourth-order valence-electron chi connectivity index (χ4n) is 1.21. The van der Waals surface area contributed by atoms with Gasteiger partial charge in [-0.05, 0) is 12.0 Å². The Hall–Kier alpha value is -1.16. The van der Waals surface area contributed by atoms with E-state index in [1.54, 1.807) is 0 Å². The topological polar surface area (TPSA) is 42.4 Å². The molecule has 78 valence electrons. The van der Waals surface area contributed by atoms with Crippen LogP contribution in [0.4, 0.5) is 4.39 Å². The predicted octanol–water partition coefficient (Wildman–Crippen LogP) is 1.84. The normalized spacial score (nSPS) is 10.7. The third kappa shape index (κ3) is 2.01. The third-order valence-corrected chi connectivity index (χ3v) is 2.01. The van der Waals surface area contributed by atoms with Gasteiger partial charge in [0.1, 0.15) is 11.5 Å². The molecule has 0 atom stereocenters. The number of aromatic nitrogens is 1. The van der Waals surface area contributed by atoms with Gasteiger partial charge in [0.2, 0.25) is 5.88 Å². The number of pyridine rings is 1. The zero-order valence-electron chi connectivity index (χ0n) is 8.54. The number of halogens is 1. The van der Waals surface area contributed by atoms with E-state index in [0.717, 1.165) is 0 Å². The van der Waals surface area contributed by atoms with E-state index in [4.69, 9.17) is 9.84 Å². The van der Waals surface area contributed by atoms with Gasteiger partial charge in [-0.1, -0.05) is 13.8 Å². The van der Waals surface area contributed by atoms with Crippen LogP contribution in [0.25, 0.3) is 0 Å². The molecule has 0 unspecified atom stereocenters. The van der Waals surface area contributed by atoms with Crippen molar-refractivity contribution in [3.8, 4) is 5.88 Å². The van der Waals surface area contributed by atoms with Gasteiger partial charge < -0.3 is 9.84 Å². The van der Waals surface area contributed by atoms with Crippen LogP contribution in [-0.2, 0) is 6.61 Å². The fourth-order valence-corrected chi connectivity index (χ4v) is 1.21. The first-order valence-corrected chi connectivity index (χ1v) is 4.44. The summed E-state index contributed by atoms with van der Waals surface area (Å²) >= 11 is 0. The first-order valence-electron chi connectivity index (χ1n) is 4.44. The largest absolute Gasteiger partial charge is 0.481 e. The van der Waals surface area contributed by atoms with Gasteiger partial charge >= 0.3 is 0 Å². The zero-order chi connectivity index (χ0) is 10.7. The van der Waals surface area contributed by atoms with Crippen molar-refractivity contribution in [2.24, 2.45) is 0 Å². The highest BCUT2D eigenvalue weighted by Gasteiger charge is 2.13. The van der Waals surface area contributed by atoms with E-state index in [-0.39, 0.29) is 11.6 Å². The lowest BCUT2D eigenvalue weighted by atomic mass is 10.0. The summed E-state index contributed by atoms with van der Waals surface area (Å²) in [5.74, 6) is 0.0298.